The Bertz CT molecular complexity index is 697. The monoisotopic (exact) mass is 314 g/mol. The number of halogens is 1. The summed E-state index contributed by atoms with van der Waals surface area (Å²) in [6.07, 6.45) is 5.15. The second kappa shape index (κ2) is 5.85. The molecule has 0 bridgehead atoms. The maximum atomic E-state index is 11.6. The van der Waals surface area contributed by atoms with Gasteiger partial charge in [-0.3, -0.25) is 0 Å². The van der Waals surface area contributed by atoms with Gasteiger partial charge in [-0.25, -0.2) is 13.4 Å². The molecule has 2 aromatic rings. The highest BCUT2D eigenvalue weighted by Crippen LogP contribution is 2.31. The highest BCUT2D eigenvalue weighted by Gasteiger charge is 2.19. The normalized spacial score (nSPS) is 11.6. The van der Waals surface area contributed by atoms with E-state index in [1.807, 2.05) is 23.8 Å². The molecular weight excluding hydrogens is 300 g/mol. The fourth-order valence-corrected chi connectivity index (χ4v) is 3.07. The lowest BCUT2D eigenvalue weighted by molar-refractivity contribution is 0.289. The molecule has 0 aliphatic carbocycles. The van der Waals surface area contributed by atoms with Gasteiger partial charge < -0.3 is 9.30 Å². The lowest BCUT2D eigenvalue weighted by Gasteiger charge is -2.13. The van der Waals surface area contributed by atoms with Gasteiger partial charge in [-0.15, -0.1) is 0 Å². The fourth-order valence-electron chi connectivity index (χ4n) is 1.95. The van der Waals surface area contributed by atoms with Gasteiger partial charge in [0, 0.05) is 23.1 Å². The molecule has 20 heavy (non-hydrogen) atoms. The first-order valence-corrected chi connectivity index (χ1v) is 8.33. The number of ether oxygens (including phenoxy) is 1. The van der Waals surface area contributed by atoms with Gasteiger partial charge in [0.2, 0.25) is 0 Å². The minimum atomic E-state index is -3.83. The molecule has 1 aromatic heterocycles. The van der Waals surface area contributed by atoms with Gasteiger partial charge in [0.1, 0.15) is 17.3 Å². The van der Waals surface area contributed by atoms with Gasteiger partial charge in [-0.1, -0.05) is 6.07 Å². The van der Waals surface area contributed by atoms with E-state index in [0.717, 1.165) is 11.1 Å². The number of benzene rings is 1. The second-order valence-electron chi connectivity index (χ2n) is 4.50. The van der Waals surface area contributed by atoms with Crippen molar-refractivity contribution in [2.24, 2.45) is 0 Å². The van der Waals surface area contributed by atoms with Gasteiger partial charge in [0.05, 0.1) is 12.9 Å². The van der Waals surface area contributed by atoms with Crippen LogP contribution in [0.4, 0.5) is 0 Å². The summed E-state index contributed by atoms with van der Waals surface area (Å²) in [5.41, 5.74) is 1.57. The van der Waals surface area contributed by atoms with Crippen molar-refractivity contribution in [3.05, 3.63) is 42.0 Å². The zero-order chi connectivity index (χ0) is 14.8. The first kappa shape index (κ1) is 14.9. The molecule has 0 saturated carbocycles. The number of rotatable bonds is 5. The van der Waals surface area contributed by atoms with Crippen LogP contribution >= 0.6 is 10.7 Å². The first-order chi connectivity index (χ1) is 9.38. The predicted molar refractivity (Wildman–Crippen MR) is 76.7 cm³/mol. The smallest absolute Gasteiger partial charge is 0.265 e. The maximum absolute atomic E-state index is 11.6. The van der Waals surface area contributed by atoms with E-state index in [1.165, 1.54) is 6.07 Å². The Morgan fingerprint density at radius 2 is 2.10 bits per heavy atom. The molecule has 0 amide bonds. The molecule has 5 nitrogen and oxygen atoms in total. The molecule has 1 aromatic carbocycles. The van der Waals surface area contributed by atoms with Crippen molar-refractivity contribution < 1.29 is 13.2 Å². The number of nitrogens with zero attached hydrogens (tertiary/aromatic N) is 2. The standard InChI is InChI=1S/C13H15ClN2O3S/c1-10-7-11(2)13(12(8-10)20(14,17)18)19-6-5-16-4-3-15-9-16/h3-4,7-9H,5-6H2,1-2H3. The van der Waals surface area contributed by atoms with E-state index < -0.39 is 9.05 Å². The summed E-state index contributed by atoms with van der Waals surface area (Å²) in [6, 6.07) is 3.38. The van der Waals surface area contributed by atoms with Crippen LogP contribution in [-0.4, -0.2) is 24.6 Å². The average Bonchev–Trinajstić information content (AvgIpc) is 2.83. The van der Waals surface area contributed by atoms with Crippen LogP contribution in [0, 0.1) is 13.8 Å². The van der Waals surface area contributed by atoms with E-state index in [4.69, 9.17) is 15.4 Å². The highest BCUT2D eigenvalue weighted by molar-refractivity contribution is 8.13. The average molecular weight is 315 g/mol. The predicted octanol–water partition coefficient (Wildman–Crippen LogP) is 2.51. The molecule has 0 aliphatic rings. The number of aryl methyl sites for hydroxylation is 2. The summed E-state index contributed by atoms with van der Waals surface area (Å²) in [5.74, 6) is 0.311. The summed E-state index contributed by atoms with van der Waals surface area (Å²) in [4.78, 5) is 3.94. The van der Waals surface area contributed by atoms with Crippen molar-refractivity contribution in [2.75, 3.05) is 6.61 Å². The van der Waals surface area contributed by atoms with E-state index in [0.29, 0.717) is 18.9 Å². The van der Waals surface area contributed by atoms with Crippen LogP contribution in [0.25, 0.3) is 0 Å². The van der Waals surface area contributed by atoms with Gasteiger partial charge in [0.15, 0.2) is 0 Å². The number of hydrogen-bond donors (Lipinski definition) is 0. The minimum Gasteiger partial charge on any atom is -0.490 e. The molecule has 0 aliphatic heterocycles. The summed E-state index contributed by atoms with van der Waals surface area (Å²) >= 11 is 0. The third-order valence-electron chi connectivity index (χ3n) is 2.80. The first-order valence-electron chi connectivity index (χ1n) is 6.02. The molecule has 2 rings (SSSR count). The Labute approximate surface area is 122 Å². The molecule has 0 unspecified atom stereocenters. The molecule has 0 radical (unpaired) electrons. The van der Waals surface area contributed by atoms with Gasteiger partial charge in [-0.05, 0) is 31.0 Å². The lowest BCUT2D eigenvalue weighted by Crippen LogP contribution is -2.09. The summed E-state index contributed by atoms with van der Waals surface area (Å²) < 4.78 is 30.7. The molecule has 7 heteroatoms. The van der Waals surface area contributed by atoms with Crippen LogP contribution in [0.1, 0.15) is 11.1 Å². The number of aromatic nitrogens is 2. The molecule has 1 heterocycles. The van der Waals surface area contributed by atoms with Crippen molar-refractivity contribution in [3.8, 4) is 5.75 Å². The van der Waals surface area contributed by atoms with Crippen LogP contribution in [0.15, 0.2) is 35.7 Å². The lowest BCUT2D eigenvalue weighted by atomic mass is 10.1. The van der Waals surface area contributed by atoms with Gasteiger partial charge in [0.25, 0.3) is 9.05 Å². The van der Waals surface area contributed by atoms with E-state index in [1.54, 1.807) is 19.4 Å². The highest BCUT2D eigenvalue weighted by atomic mass is 35.7. The Morgan fingerprint density at radius 1 is 1.35 bits per heavy atom. The van der Waals surface area contributed by atoms with Crippen molar-refractivity contribution >= 4 is 19.7 Å². The van der Waals surface area contributed by atoms with Crippen molar-refractivity contribution in [3.63, 3.8) is 0 Å². The molecule has 0 fully saturated rings. The number of imidazole rings is 1. The molecule has 0 N–H and O–H groups in total. The fraction of sp³-hybridized carbons (Fsp3) is 0.308. The molecule has 0 atom stereocenters. The summed E-state index contributed by atoms with van der Waals surface area (Å²) in [6.45, 7) is 4.52. The third-order valence-corrected chi connectivity index (χ3v) is 4.13. The zero-order valence-electron chi connectivity index (χ0n) is 11.2. The van der Waals surface area contributed by atoms with Crippen LogP contribution < -0.4 is 4.74 Å². The third kappa shape index (κ3) is 3.52. The van der Waals surface area contributed by atoms with E-state index in [-0.39, 0.29) is 4.90 Å². The topological polar surface area (TPSA) is 61.2 Å². The van der Waals surface area contributed by atoms with Crippen LogP contribution in [0.2, 0.25) is 0 Å². The molecular formula is C13H15ClN2O3S. The zero-order valence-corrected chi connectivity index (χ0v) is 12.8. The SMILES string of the molecule is Cc1cc(C)c(OCCn2ccnc2)c(S(=O)(=O)Cl)c1. The molecule has 0 saturated heterocycles. The van der Waals surface area contributed by atoms with Gasteiger partial charge >= 0.3 is 0 Å². The van der Waals surface area contributed by atoms with E-state index >= 15 is 0 Å². The van der Waals surface area contributed by atoms with Gasteiger partial charge in [-0.2, -0.15) is 0 Å². The minimum absolute atomic E-state index is 0.0160. The maximum Gasteiger partial charge on any atom is 0.265 e. The summed E-state index contributed by atoms with van der Waals surface area (Å²) in [7, 11) is 1.63. The Balaban J connectivity index is 2.22. The van der Waals surface area contributed by atoms with E-state index in [9.17, 15) is 8.42 Å². The van der Waals surface area contributed by atoms with Crippen LogP contribution in [-0.2, 0) is 15.6 Å². The second-order valence-corrected chi connectivity index (χ2v) is 7.03. The van der Waals surface area contributed by atoms with Crippen molar-refractivity contribution in [2.45, 2.75) is 25.3 Å². The Kier molecular flexibility index (Phi) is 4.35. The summed E-state index contributed by atoms with van der Waals surface area (Å²) in [5, 5.41) is 0. The largest absolute Gasteiger partial charge is 0.490 e. The number of hydrogen-bond acceptors (Lipinski definition) is 4. The Hall–Kier alpha value is -1.53. The van der Waals surface area contributed by atoms with Crippen molar-refractivity contribution in [1.82, 2.24) is 9.55 Å². The van der Waals surface area contributed by atoms with E-state index in [2.05, 4.69) is 4.98 Å². The van der Waals surface area contributed by atoms with Crippen LogP contribution in [0.3, 0.4) is 0 Å². The Morgan fingerprint density at radius 3 is 2.70 bits per heavy atom. The molecule has 0 spiro atoms. The van der Waals surface area contributed by atoms with Crippen molar-refractivity contribution in [1.29, 1.82) is 0 Å². The van der Waals surface area contributed by atoms with Crippen LogP contribution in [0.5, 0.6) is 5.75 Å². The quantitative estimate of drug-likeness (QED) is 0.796. The molecule has 108 valence electrons.